The number of rotatable bonds is 5. The largest absolute Gasteiger partial charge is 0.358 e. The van der Waals surface area contributed by atoms with Gasteiger partial charge in [0.2, 0.25) is 0 Å². The van der Waals surface area contributed by atoms with Gasteiger partial charge in [-0.3, -0.25) is 9.80 Å². The second-order valence-electron chi connectivity index (χ2n) is 8.30. The molecule has 2 aliphatic heterocycles. The molecule has 2 saturated heterocycles. The van der Waals surface area contributed by atoms with Crippen LogP contribution in [0.3, 0.4) is 0 Å². The molecule has 2 unspecified atom stereocenters. The molecule has 5 rings (SSSR count). The Morgan fingerprint density at radius 1 is 0.719 bits per heavy atom. The van der Waals surface area contributed by atoms with Crippen molar-refractivity contribution in [2.24, 2.45) is 0 Å². The van der Waals surface area contributed by atoms with E-state index < -0.39 is 0 Å². The molecule has 4 heteroatoms. The predicted molar refractivity (Wildman–Crippen MR) is 129 cm³/mol. The highest BCUT2D eigenvalue weighted by molar-refractivity contribution is 5.28. The number of benzene rings is 3. The van der Waals surface area contributed by atoms with E-state index in [1.165, 1.54) is 22.3 Å². The summed E-state index contributed by atoms with van der Waals surface area (Å²) in [7, 11) is 0. The molecule has 2 heterocycles. The normalized spacial score (nSPS) is 21.3. The van der Waals surface area contributed by atoms with Crippen molar-refractivity contribution in [3.8, 4) is 0 Å². The van der Waals surface area contributed by atoms with E-state index in [0.29, 0.717) is 0 Å². The Hall–Kier alpha value is -2.50. The van der Waals surface area contributed by atoms with Crippen LogP contribution < -0.4 is 0 Å². The predicted octanol–water partition coefficient (Wildman–Crippen LogP) is 5.56. The highest BCUT2D eigenvalue weighted by Crippen LogP contribution is 2.29. The summed E-state index contributed by atoms with van der Waals surface area (Å²) in [4.78, 5) is 4.74. The zero-order valence-corrected chi connectivity index (χ0v) is 19.2. The third-order valence-corrected chi connectivity index (χ3v) is 6.15. The van der Waals surface area contributed by atoms with Gasteiger partial charge < -0.3 is 9.47 Å². The lowest BCUT2D eigenvalue weighted by molar-refractivity contribution is 0.0288. The molecule has 0 saturated carbocycles. The van der Waals surface area contributed by atoms with Crippen LogP contribution in [0.2, 0.25) is 0 Å². The fourth-order valence-electron chi connectivity index (χ4n) is 4.39. The summed E-state index contributed by atoms with van der Waals surface area (Å²) in [6.45, 7) is 10.0. The molecule has 0 radical (unpaired) electrons. The molecule has 2 fully saturated rings. The maximum atomic E-state index is 5.85. The summed E-state index contributed by atoms with van der Waals surface area (Å²) in [5.74, 6) is 0. The maximum absolute atomic E-state index is 5.85. The first-order chi connectivity index (χ1) is 15.8. The number of nitrogens with zero attached hydrogens (tertiary/aromatic N) is 2. The van der Waals surface area contributed by atoms with Crippen molar-refractivity contribution < 1.29 is 9.47 Å². The minimum Gasteiger partial charge on any atom is -0.358 e. The Labute approximate surface area is 192 Å². The molecule has 3 aromatic carbocycles. The van der Waals surface area contributed by atoms with Crippen LogP contribution in [0.15, 0.2) is 84.9 Å². The quantitative estimate of drug-likeness (QED) is 0.529. The first kappa shape index (κ1) is 22.7. The molecule has 168 valence electrons. The van der Waals surface area contributed by atoms with Crippen LogP contribution in [-0.4, -0.2) is 42.6 Å². The van der Waals surface area contributed by atoms with Crippen LogP contribution in [0.4, 0.5) is 0 Å². The van der Waals surface area contributed by atoms with Crippen LogP contribution in [0.25, 0.3) is 0 Å². The van der Waals surface area contributed by atoms with Gasteiger partial charge in [-0.15, -0.1) is 0 Å². The van der Waals surface area contributed by atoms with E-state index in [2.05, 4.69) is 103 Å². The van der Waals surface area contributed by atoms with Gasteiger partial charge in [-0.2, -0.15) is 0 Å². The van der Waals surface area contributed by atoms with Crippen molar-refractivity contribution in [3.05, 3.63) is 107 Å². The Bertz CT molecular complexity index is 948. The van der Waals surface area contributed by atoms with Gasteiger partial charge in [-0.05, 0) is 35.7 Å². The van der Waals surface area contributed by atoms with E-state index in [9.17, 15) is 0 Å². The summed E-state index contributed by atoms with van der Waals surface area (Å²) < 4.78 is 11.6. The number of aryl methyl sites for hydroxylation is 1. The van der Waals surface area contributed by atoms with E-state index in [0.717, 1.165) is 39.4 Å². The lowest BCUT2D eigenvalue weighted by Crippen LogP contribution is -2.23. The fourth-order valence-corrected chi connectivity index (χ4v) is 4.39. The minimum atomic E-state index is 0.103. The van der Waals surface area contributed by atoms with E-state index in [1.54, 1.807) is 0 Å². The lowest BCUT2D eigenvalue weighted by Gasteiger charge is -2.23. The summed E-state index contributed by atoms with van der Waals surface area (Å²) in [5, 5.41) is 0. The van der Waals surface area contributed by atoms with Gasteiger partial charge in [-0.1, -0.05) is 91.9 Å². The van der Waals surface area contributed by atoms with Gasteiger partial charge in [-0.25, -0.2) is 0 Å². The van der Waals surface area contributed by atoms with Crippen LogP contribution in [-0.2, 0) is 16.0 Å². The van der Waals surface area contributed by atoms with E-state index >= 15 is 0 Å². The summed E-state index contributed by atoms with van der Waals surface area (Å²) in [6, 6.07) is 29.5. The van der Waals surface area contributed by atoms with Gasteiger partial charge in [0.05, 0.1) is 13.2 Å². The van der Waals surface area contributed by atoms with Gasteiger partial charge in [0.1, 0.15) is 12.5 Å². The van der Waals surface area contributed by atoms with Gasteiger partial charge in [0.15, 0.2) is 0 Å². The third kappa shape index (κ3) is 5.64. The average Bonchev–Trinajstić information content (AvgIpc) is 3.51. The first-order valence-corrected chi connectivity index (χ1v) is 11.6. The molecule has 0 bridgehead atoms. The van der Waals surface area contributed by atoms with Crippen LogP contribution in [0, 0.1) is 6.92 Å². The maximum Gasteiger partial charge on any atom is 0.137 e. The SMILES string of the molecule is CCN1CCOC1c1ccccc1C.c1ccc(CN2CCOC2c2ccccc2)cc1. The molecule has 2 aliphatic rings. The van der Waals surface area contributed by atoms with Gasteiger partial charge in [0.25, 0.3) is 0 Å². The zero-order valence-electron chi connectivity index (χ0n) is 19.2. The van der Waals surface area contributed by atoms with Crippen molar-refractivity contribution in [1.29, 1.82) is 0 Å². The number of likely N-dealkylation sites (N-methyl/N-ethyl adjacent to an activating group) is 1. The molecule has 2 atom stereocenters. The summed E-state index contributed by atoms with van der Waals surface area (Å²) in [5.41, 5.74) is 5.21. The smallest absolute Gasteiger partial charge is 0.137 e. The third-order valence-electron chi connectivity index (χ3n) is 6.15. The van der Waals surface area contributed by atoms with Crippen molar-refractivity contribution in [2.45, 2.75) is 32.8 Å². The fraction of sp³-hybridized carbons (Fsp3) is 0.357. The van der Waals surface area contributed by atoms with Crippen LogP contribution >= 0.6 is 0 Å². The van der Waals surface area contributed by atoms with E-state index in [4.69, 9.17) is 9.47 Å². The highest BCUT2D eigenvalue weighted by Gasteiger charge is 2.27. The average molecular weight is 431 g/mol. The molecule has 0 amide bonds. The van der Waals surface area contributed by atoms with Crippen molar-refractivity contribution >= 4 is 0 Å². The zero-order chi connectivity index (χ0) is 22.2. The van der Waals surface area contributed by atoms with Gasteiger partial charge in [0, 0.05) is 19.6 Å². The molecule has 4 nitrogen and oxygen atoms in total. The Morgan fingerprint density at radius 2 is 1.31 bits per heavy atom. The molecular weight excluding hydrogens is 396 g/mol. The molecule has 0 aromatic heterocycles. The van der Waals surface area contributed by atoms with Gasteiger partial charge >= 0.3 is 0 Å². The van der Waals surface area contributed by atoms with E-state index in [-0.39, 0.29) is 12.5 Å². The minimum absolute atomic E-state index is 0.103. The van der Waals surface area contributed by atoms with Crippen molar-refractivity contribution in [3.63, 3.8) is 0 Å². The number of ether oxygens (including phenoxy) is 2. The molecule has 0 spiro atoms. The highest BCUT2D eigenvalue weighted by atomic mass is 16.5. The Kier molecular flexibility index (Phi) is 8.07. The summed E-state index contributed by atoms with van der Waals surface area (Å²) in [6.07, 6.45) is 0.285. The van der Waals surface area contributed by atoms with Crippen LogP contribution in [0.5, 0.6) is 0 Å². The van der Waals surface area contributed by atoms with Crippen molar-refractivity contribution in [1.82, 2.24) is 9.80 Å². The summed E-state index contributed by atoms with van der Waals surface area (Å²) >= 11 is 0. The molecule has 0 N–H and O–H groups in total. The van der Waals surface area contributed by atoms with Crippen molar-refractivity contribution in [2.75, 3.05) is 32.8 Å². The topological polar surface area (TPSA) is 24.9 Å². The second kappa shape index (κ2) is 11.4. The molecule has 32 heavy (non-hydrogen) atoms. The molecular formula is C28H34N2O2. The lowest BCUT2D eigenvalue weighted by atomic mass is 10.1. The monoisotopic (exact) mass is 430 g/mol. The standard InChI is InChI=1S/C16H17NO.C12H17NO/c1-3-7-14(8-4-1)13-17-11-12-18-16(17)15-9-5-2-6-10-15;1-3-13-8-9-14-12(13)11-7-5-4-6-10(11)2/h1-10,16H,11-13H2;4-7,12H,3,8-9H2,1-2H3. The first-order valence-electron chi connectivity index (χ1n) is 11.6. The van der Waals surface area contributed by atoms with Crippen LogP contribution in [0.1, 0.15) is 41.6 Å². The van der Waals surface area contributed by atoms with E-state index in [1.807, 2.05) is 6.07 Å². The second-order valence-corrected chi connectivity index (χ2v) is 8.30. The Morgan fingerprint density at radius 3 is 2.00 bits per heavy atom. The number of hydrogen-bond acceptors (Lipinski definition) is 4. The Balaban J connectivity index is 0.000000158. The molecule has 0 aliphatic carbocycles. The molecule has 3 aromatic rings. The number of hydrogen-bond donors (Lipinski definition) is 0.